The lowest BCUT2D eigenvalue weighted by Gasteiger charge is -2.37. The largest absolute Gasteiger partial charge is 0.352 e. The van der Waals surface area contributed by atoms with Gasteiger partial charge in [0.15, 0.2) is 0 Å². The summed E-state index contributed by atoms with van der Waals surface area (Å²) in [4.78, 5) is 17.3. The van der Waals surface area contributed by atoms with Gasteiger partial charge in [-0.25, -0.2) is 0 Å². The molecule has 1 aromatic rings. The van der Waals surface area contributed by atoms with Crippen LogP contribution in [0.25, 0.3) is 0 Å². The summed E-state index contributed by atoms with van der Waals surface area (Å²) in [7, 11) is 0. The van der Waals surface area contributed by atoms with Gasteiger partial charge < -0.3 is 5.32 Å². The summed E-state index contributed by atoms with van der Waals surface area (Å²) < 4.78 is 0. The summed E-state index contributed by atoms with van der Waals surface area (Å²) in [6.45, 7) is 11.6. The molecule has 1 aliphatic carbocycles. The zero-order valence-electron chi connectivity index (χ0n) is 16.7. The van der Waals surface area contributed by atoms with Crippen LogP contribution in [0.5, 0.6) is 0 Å². The second kappa shape index (κ2) is 9.01. The summed E-state index contributed by atoms with van der Waals surface area (Å²) in [5, 5.41) is 3.25. The third-order valence-electron chi connectivity index (χ3n) is 6.09. The van der Waals surface area contributed by atoms with Gasteiger partial charge in [0.1, 0.15) is 0 Å². The molecular formula is C22H35N3O. The summed E-state index contributed by atoms with van der Waals surface area (Å²) in [5.41, 5.74) is 2.79. The van der Waals surface area contributed by atoms with Crippen molar-refractivity contribution in [2.75, 3.05) is 26.2 Å². The molecule has 26 heavy (non-hydrogen) atoms. The molecule has 0 aromatic heterocycles. The van der Waals surface area contributed by atoms with Crippen LogP contribution in [-0.4, -0.2) is 54.0 Å². The molecule has 1 aliphatic heterocycles. The van der Waals surface area contributed by atoms with Gasteiger partial charge in [0.05, 0.1) is 6.04 Å². The van der Waals surface area contributed by atoms with E-state index in [4.69, 9.17) is 0 Å². The predicted octanol–water partition coefficient (Wildman–Crippen LogP) is 3.37. The van der Waals surface area contributed by atoms with Crippen molar-refractivity contribution in [3.8, 4) is 0 Å². The quantitative estimate of drug-likeness (QED) is 0.848. The molecule has 1 heterocycles. The number of amides is 1. The number of rotatable bonds is 6. The number of hydrogen-bond donors (Lipinski definition) is 1. The first-order valence-corrected chi connectivity index (χ1v) is 10.4. The normalized spacial score (nSPS) is 21.2. The maximum Gasteiger partial charge on any atom is 0.237 e. The number of benzene rings is 1. The molecular weight excluding hydrogens is 322 g/mol. The highest BCUT2D eigenvalue weighted by molar-refractivity contribution is 5.81. The van der Waals surface area contributed by atoms with Crippen LogP contribution in [0.1, 0.15) is 63.5 Å². The Morgan fingerprint density at radius 3 is 2.23 bits per heavy atom. The molecule has 1 aromatic carbocycles. The third kappa shape index (κ3) is 5.08. The lowest BCUT2D eigenvalue weighted by Crippen LogP contribution is -2.54. The van der Waals surface area contributed by atoms with Gasteiger partial charge in [-0.3, -0.25) is 14.6 Å². The summed E-state index contributed by atoms with van der Waals surface area (Å²) in [6.07, 6.45) is 4.83. The van der Waals surface area contributed by atoms with Crippen molar-refractivity contribution >= 4 is 5.91 Å². The van der Waals surface area contributed by atoms with E-state index in [1.807, 2.05) is 0 Å². The molecule has 3 rings (SSSR count). The zero-order valence-corrected chi connectivity index (χ0v) is 16.7. The molecule has 0 bridgehead atoms. The lowest BCUT2D eigenvalue weighted by atomic mass is 10.0. The second-order valence-corrected chi connectivity index (χ2v) is 8.37. The standard InChI is InChI=1S/C22H35N3O/c1-17(2)20-10-8-19(9-11-20)16-24-12-14-25(15-13-24)18(3)22(26)23-21-6-4-5-7-21/h8-11,17-18,21H,4-7,12-16H2,1-3H3,(H,23,26). The van der Waals surface area contributed by atoms with E-state index < -0.39 is 0 Å². The Labute approximate surface area is 158 Å². The molecule has 0 radical (unpaired) electrons. The average molecular weight is 358 g/mol. The molecule has 1 saturated heterocycles. The Morgan fingerprint density at radius 1 is 1.04 bits per heavy atom. The van der Waals surface area contributed by atoms with Gasteiger partial charge in [-0.1, -0.05) is 51.0 Å². The Bertz CT molecular complexity index is 570. The molecule has 2 aliphatic rings. The van der Waals surface area contributed by atoms with Crippen LogP contribution in [0.4, 0.5) is 0 Å². The number of hydrogen-bond acceptors (Lipinski definition) is 3. The number of piperazine rings is 1. The minimum Gasteiger partial charge on any atom is -0.352 e. The van der Waals surface area contributed by atoms with Gasteiger partial charge in [-0.2, -0.15) is 0 Å². The van der Waals surface area contributed by atoms with Crippen LogP contribution in [0, 0.1) is 0 Å². The molecule has 1 N–H and O–H groups in total. The van der Waals surface area contributed by atoms with Crippen molar-refractivity contribution in [2.45, 2.75) is 71.0 Å². The first-order valence-electron chi connectivity index (χ1n) is 10.4. The van der Waals surface area contributed by atoms with Crippen molar-refractivity contribution in [2.24, 2.45) is 0 Å². The summed E-state index contributed by atoms with van der Waals surface area (Å²) >= 11 is 0. The number of nitrogens with one attached hydrogen (secondary N) is 1. The minimum atomic E-state index is -0.0110. The molecule has 4 nitrogen and oxygen atoms in total. The highest BCUT2D eigenvalue weighted by atomic mass is 16.2. The Kier molecular flexibility index (Phi) is 6.71. The van der Waals surface area contributed by atoms with Gasteiger partial charge in [-0.05, 0) is 36.8 Å². The van der Waals surface area contributed by atoms with Crippen LogP contribution in [-0.2, 0) is 11.3 Å². The molecule has 1 atom stereocenters. The van der Waals surface area contributed by atoms with Gasteiger partial charge in [0.25, 0.3) is 0 Å². The van der Waals surface area contributed by atoms with Crippen molar-refractivity contribution in [3.05, 3.63) is 35.4 Å². The third-order valence-corrected chi connectivity index (χ3v) is 6.09. The van der Waals surface area contributed by atoms with Crippen molar-refractivity contribution in [3.63, 3.8) is 0 Å². The van der Waals surface area contributed by atoms with E-state index in [9.17, 15) is 4.79 Å². The van der Waals surface area contributed by atoms with Gasteiger partial charge >= 0.3 is 0 Å². The molecule has 1 saturated carbocycles. The Balaban J connectivity index is 1.43. The first kappa shape index (κ1) is 19.4. The van der Waals surface area contributed by atoms with E-state index in [0.29, 0.717) is 12.0 Å². The monoisotopic (exact) mass is 357 g/mol. The smallest absolute Gasteiger partial charge is 0.237 e. The van der Waals surface area contributed by atoms with Crippen molar-refractivity contribution < 1.29 is 4.79 Å². The summed E-state index contributed by atoms with van der Waals surface area (Å²) in [5.74, 6) is 0.805. The van der Waals surface area contributed by atoms with E-state index in [0.717, 1.165) is 45.6 Å². The number of carbonyl (C=O) groups excluding carboxylic acids is 1. The van der Waals surface area contributed by atoms with Crippen molar-refractivity contribution in [1.29, 1.82) is 0 Å². The second-order valence-electron chi connectivity index (χ2n) is 8.37. The average Bonchev–Trinajstić information content (AvgIpc) is 3.15. The van der Waals surface area contributed by atoms with Crippen LogP contribution in [0.3, 0.4) is 0 Å². The highest BCUT2D eigenvalue weighted by Crippen LogP contribution is 2.19. The Morgan fingerprint density at radius 2 is 1.65 bits per heavy atom. The van der Waals surface area contributed by atoms with Crippen molar-refractivity contribution in [1.82, 2.24) is 15.1 Å². The molecule has 1 amide bonds. The van der Waals surface area contributed by atoms with E-state index in [1.54, 1.807) is 0 Å². The maximum absolute atomic E-state index is 12.5. The SMILES string of the molecule is CC(C)c1ccc(CN2CCN(C(C)C(=O)NC3CCCC3)CC2)cc1. The topological polar surface area (TPSA) is 35.6 Å². The zero-order chi connectivity index (χ0) is 18.5. The molecule has 2 fully saturated rings. The van der Waals surface area contributed by atoms with E-state index >= 15 is 0 Å². The predicted molar refractivity (Wildman–Crippen MR) is 107 cm³/mol. The maximum atomic E-state index is 12.5. The molecule has 1 unspecified atom stereocenters. The van der Waals surface area contributed by atoms with Gasteiger partial charge in [-0.15, -0.1) is 0 Å². The highest BCUT2D eigenvalue weighted by Gasteiger charge is 2.27. The van der Waals surface area contributed by atoms with E-state index in [1.165, 1.54) is 24.0 Å². The first-order chi connectivity index (χ1) is 12.5. The van der Waals surface area contributed by atoms with E-state index in [-0.39, 0.29) is 11.9 Å². The molecule has 4 heteroatoms. The lowest BCUT2D eigenvalue weighted by molar-refractivity contribution is -0.127. The fourth-order valence-electron chi connectivity index (χ4n) is 4.13. The molecule has 144 valence electrons. The van der Waals surface area contributed by atoms with Crippen LogP contribution >= 0.6 is 0 Å². The van der Waals surface area contributed by atoms with Crippen LogP contribution < -0.4 is 5.32 Å². The Hall–Kier alpha value is -1.39. The number of nitrogens with zero attached hydrogens (tertiary/aromatic N) is 2. The fraction of sp³-hybridized carbons (Fsp3) is 0.682. The minimum absolute atomic E-state index is 0.0110. The van der Waals surface area contributed by atoms with E-state index in [2.05, 4.69) is 60.2 Å². The number of carbonyl (C=O) groups is 1. The summed E-state index contributed by atoms with van der Waals surface area (Å²) in [6, 6.07) is 9.44. The molecule has 0 spiro atoms. The van der Waals surface area contributed by atoms with Crippen LogP contribution in [0.15, 0.2) is 24.3 Å². The fourth-order valence-corrected chi connectivity index (χ4v) is 4.13. The van der Waals surface area contributed by atoms with Gasteiger partial charge in [0, 0.05) is 38.8 Å². The van der Waals surface area contributed by atoms with Gasteiger partial charge in [0.2, 0.25) is 5.91 Å². The van der Waals surface area contributed by atoms with Crippen LogP contribution in [0.2, 0.25) is 0 Å².